The van der Waals surface area contributed by atoms with Crippen molar-refractivity contribution in [1.82, 2.24) is 10.3 Å². The van der Waals surface area contributed by atoms with Crippen molar-refractivity contribution in [2.24, 2.45) is 11.8 Å². The number of carbonyl (C=O) groups is 2. The van der Waals surface area contributed by atoms with Crippen molar-refractivity contribution in [3.05, 3.63) is 21.7 Å². The molecule has 8 heteroatoms. The molecule has 1 aromatic rings. The van der Waals surface area contributed by atoms with Gasteiger partial charge in [-0.15, -0.1) is 11.3 Å². The highest BCUT2D eigenvalue weighted by Crippen LogP contribution is 2.41. The molecular formula is C17H20N4O2S2. The Morgan fingerprint density at radius 2 is 2.28 bits per heavy atom. The van der Waals surface area contributed by atoms with E-state index in [2.05, 4.69) is 28.6 Å². The van der Waals surface area contributed by atoms with Gasteiger partial charge in [-0.05, 0) is 18.8 Å². The van der Waals surface area contributed by atoms with E-state index in [1.165, 1.54) is 23.1 Å². The molecule has 25 heavy (non-hydrogen) atoms. The number of nitrogens with zero attached hydrogens (tertiary/aromatic N) is 2. The Bertz CT molecular complexity index is 759. The van der Waals surface area contributed by atoms with E-state index >= 15 is 0 Å². The quantitative estimate of drug-likeness (QED) is 0.823. The lowest BCUT2D eigenvalue weighted by molar-refractivity contribution is -0.121. The van der Waals surface area contributed by atoms with Crippen molar-refractivity contribution < 1.29 is 9.59 Å². The first-order chi connectivity index (χ1) is 12.0. The van der Waals surface area contributed by atoms with Crippen molar-refractivity contribution in [2.75, 3.05) is 11.1 Å². The summed E-state index contributed by atoms with van der Waals surface area (Å²) >= 11 is 2.62. The lowest BCUT2D eigenvalue weighted by atomic mass is 9.75. The molecule has 1 aromatic heterocycles. The number of hydrogen-bond acceptors (Lipinski definition) is 6. The largest absolute Gasteiger partial charge is 0.320 e. The first-order valence-corrected chi connectivity index (χ1v) is 10.1. The molecule has 1 saturated carbocycles. The van der Waals surface area contributed by atoms with Crippen LogP contribution in [0.4, 0.5) is 5.13 Å². The van der Waals surface area contributed by atoms with Gasteiger partial charge in [0, 0.05) is 23.6 Å². The zero-order valence-electron chi connectivity index (χ0n) is 14.2. The maximum Gasteiger partial charge on any atom is 0.236 e. The van der Waals surface area contributed by atoms with Crippen molar-refractivity contribution in [3.8, 4) is 6.07 Å². The van der Waals surface area contributed by atoms with Gasteiger partial charge in [0.25, 0.3) is 0 Å². The summed E-state index contributed by atoms with van der Waals surface area (Å²) < 4.78 is 0. The smallest absolute Gasteiger partial charge is 0.236 e. The molecule has 0 bridgehead atoms. The minimum Gasteiger partial charge on any atom is -0.320 e. The van der Waals surface area contributed by atoms with Crippen LogP contribution < -0.4 is 10.6 Å². The minimum atomic E-state index is -0.190. The molecule has 2 heterocycles. The Morgan fingerprint density at radius 1 is 1.52 bits per heavy atom. The van der Waals surface area contributed by atoms with Gasteiger partial charge in [0.05, 0.1) is 28.1 Å². The summed E-state index contributed by atoms with van der Waals surface area (Å²) in [5, 5.41) is 17.8. The van der Waals surface area contributed by atoms with Gasteiger partial charge < -0.3 is 10.6 Å². The monoisotopic (exact) mass is 376 g/mol. The van der Waals surface area contributed by atoms with Crippen molar-refractivity contribution in [2.45, 2.75) is 39.0 Å². The van der Waals surface area contributed by atoms with Gasteiger partial charge in [-0.2, -0.15) is 5.26 Å². The summed E-state index contributed by atoms with van der Waals surface area (Å²) in [6, 6.07) is 2.13. The molecule has 3 rings (SSSR count). The van der Waals surface area contributed by atoms with E-state index in [1.807, 2.05) is 12.3 Å². The summed E-state index contributed by atoms with van der Waals surface area (Å²) in [5.41, 5.74) is 1.60. The summed E-state index contributed by atoms with van der Waals surface area (Å²) in [4.78, 5) is 28.3. The number of nitriles is 1. The van der Waals surface area contributed by atoms with Crippen LogP contribution >= 0.6 is 23.1 Å². The van der Waals surface area contributed by atoms with Crippen LogP contribution in [-0.4, -0.2) is 22.6 Å². The van der Waals surface area contributed by atoms with E-state index in [4.69, 9.17) is 0 Å². The second kappa shape index (κ2) is 7.58. The van der Waals surface area contributed by atoms with Crippen LogP contribution in [0.3, 0.4) is 0 Å². The lowest BCUT2D eigenvalue weighted by Gasteiger charge is -2.31. The van der Waals surface area contributed by atoms with Gasteiger partial charge in [0.15, 0.2) is 5.13 Å². The molecule has 0 saturated heterocycles. The number of allylic oxidation sites excluding steroid dienone is 1. The number of rotatable bonds is 5. The van der Waals surface area contributed by atoms with Gasteiger partial charge in [-0.3, -0.25) is 9.59 Å². The fourth-order valence-electron chi connectivity index (χ4n) is 3.09. The van der Waals surface area contributed by atoms with Crippen molar-refractivity contribution in [3.63, 3.8) is 0 Å². The van der Waals surface area contributed by atoms with Crippen LogP contribution in [0, 0.1) is 23.2 Å². The molecular weight excluding hydrogens is 356 g/mol. The van der Waals surface area contributed by atoms with E-state index in [-0.39, 0.29) is 23.5 Å². The number of hydrogen-bond donors (Lipinski definition) is 2. The number of amides is 2. The average Bonchev–Trinajstić information content (AvgIpc) is 2.97. The molecule has 1 fully saturated rings. The predicted octanol–water partition coefficient (Wildman–Crippen LogP) is 3.22. The van der Waals surface area contributed by atoms with Gasteiger partial charge in [0.1, 0.15) is 0 Å². The van der Waals surface area contributed by atoms with Gasteiger partial charge in [0.2, 0.25) is 11.8 Å². The molecule has 2 N–H and O–H groups in total. The minimum absolute atomic E-state index is 0.115. The second-order valence-corrected chi connectivity index (χ2v) is 8.54. The zero-order valence-corrected chi connectivity index (χ0v) is 15.8. The molecule has 6 nitrogen and oxygen atoms in total. The SMILES string of the molecule is CC1CC(c2csc(NC(=O)CSC3=C(C#N)C(C)CC(=O)N3)n2)C1. The maximum absolute atomic E-state index is 12.1. The summed E-state index contributed by atoms with van der Waals surface area (Å²) in [6.45, 7) is 4.08. The number of nitrogens with one attached hydrogen (secondary N) is 2. The Kier molecular flexibility index (Phi) is 5.45. The molecule has 1 aliphatic carbocycles. The maximum atomic E-state index is 12.1. The van der Waals surface area contributed by atoms with Crippen molar-refractivity contribution >= 4 is 40.0 Å². The van der Waals surface area contributed by atoms with Gasteiger partial charge in [-0.25, -0.2) is 4.98 Å². The van der Waals surface area contributed by atoms with Crippen LogP contribution in [0.15, 0.2) is 16.0 Å². The van der Waals surface area contributed by atoms with E-state index in [0.717, 1.165) is 24.5 Å². The predicted molar refractivity (Wildman–Crippen MR) is 98.9 cm³/mol. The number of carbonyl (C=O) groups excluding carboxylic acids is 2. The summed E-state index contributed by atoms with van der Waals surface area (Å²) in [7, 11) is 0. The fraction of sp³-hybridized carbons (Fsp3) is 0.529. The molecule has 2 amide bonds. The van der Waals surface area contributed by atoms with Crippen molar-refractivity contribution in [1.29, 1.82) is 5.26 Å². The Morgan fingerprint density at radius 3 is 2.96 bits per heavy atom. The topological polar surface area (TPSA) is 94.9 Å². The van der Waals surface area contributed by atoms with Crippen LogP contribution in [0.5, 0.6) is 0 Å². The van der Waals surface area contributed by atoms with Crippen LogP contribution in [-0.2, 0) is 9.59 Å². The summed E-state index contributed by atoms with van der Waals surface area (Å²) in [6.07, 6.45) is 2.63. The third-order valence-electron chi connectivity index (χ3n) is 4.51. The highest BCUT2D eigenvalue weighted by atomic mass is 32.2. The Labute approximate surface area is 155 Å². The number of anilines is 1. The Balaban J connectivity index is 1.54. The molecule has 1 atom stereocenters. The number of thiazole rings is 1. The zero-order chi connectivity index (χ0) is 18.0. The molecule has 132 valence electrons. The average molecular weight is 377 g/mol. The Hall–Kier alpha value is -1.85. The summed E-state index contributed by atoms with van der Waals surface area (Å²) in [5.74, 6) is 0.989. The fourth-order valence-corrected chi connectivity index (χ4v) is 4.84. The molecule has 2 aliphatic rings. The van der Waals surface area contributed by atoms with Crippen LogP contribution in [0.1, 0.15) is 44.7 Å². The molecule has 1 unspecified atom stereocenters. The normalized spacial score (nSPS) is 25.8. The first kappa shape index (κ1) is 18.0. The molecule has 0 radical (unpaired) electrons. The highest BCUT2D eigenvalue weighted by Gasteiger charge is 2.29. The third-order valence-corrected chi connectivity index (χ3v) is 6.30. The van der Waals surface area contributed by atoms with E-state index in [0.29, 0.717) is 28.1 Å². The van der Waals surface area contributed by atoms with Crippen LogP contribution in [0.25, 0.3) is 0 Å². The van der Waals surface area contributed by atoms with Gasteiger partial charge >= 0.3 is 0 Å². The van der Waals surface area contributed by atoms with E-state index in [1.54, 1.807) is 0 Å². The van der Waals surface area contributed by atoms with Gasteiger partial charge in [-0.1, -0.05) is 25.6 Å². The lowest BCUT2D eigenvalue weighted by Crippen LogP contribution is -2.31. The molecule has 0 aromatic carbocycles. The number of aromatic nitrogens is 1. The van der Waals surface area contributed by atoms with Crippen LogP contribution in [0.2, 0.25) is 0 Å². The number of thioether (sulfide) groups is 1. The third kappa shape index (κ3) is 4.22. The highest BCUT2D eigenvalue weighted by molar-refractivity contribution is 8.03. The van der Waals surface area contributed by atoms with E-state index in [9.17, 15) is 14.9 Å². The second-order valence-electron chi connectivity index (χ2n) is 6.70. The van der Waals surface area contributed by atoms with E-state index < -0.39 is 0 Å². The molecule has 1 aliphatic heterocycles. The standard InChI is InChI=1S/C17H20N4O2S2/c1-9-3-11(4-9)13-7-25-17(19-13)21-15(23)8-24-16-12(6-18)10(2)5-14(22)20-16/h7,9-11H,3-5,8H2,1-2H3,(H,20,22)(H,19,21,23). The first-order valence-electron chi connectivity index (χ1n) is 8.28. The molecule has 0 spiro atoms.